The largest absolute Gasteiger partial charge is 0.485 e. The van der Waals surface area contributed by atoms with E-state index in [4.69, 9.17) is 10.2 Å². The summed E-state index contributed by atoms with van der Waals surface area (Å²) in [6.45, 7) is 0. The van der Waals surface area contributed by atoms with Crippen LogP contribution >= 0.6 is 0 Å². The van der Waals surface area contributed by atoms with E-state index in [2.05, 4.69) is 4.74 Å². The first kappa shape index (κ1) is 7.59. The van der Waals surface area contributed by atoms with Gasteiger partial charge in [-0.3, -0.25) is 4.79 Å². The second-order valence-electron chi connectivity index (χ2n) is 2.09. The van der Waals surface area contributed by atoms with Crippen LogP contribution in [-0.4, -0.2) is 28.3 Å². The highest BCUT2D eigenvalue weighted by Crippen LogP contribution is 2.17. The average Bonchev–Trinajstić information content (AvgIpc) is 2.32. The van der Waals surface area contributed by atoms with E-state index in [1.165, 1.54) is 6.08 Å². The Kier molecular flexibility index (Phi) is 1.80. The standard InChI is InChI=1S/C6H6O5/c7-5(8)3-1-2-11-4(3)6(9)10/h1-4H,(H,7,8)(H,9,10). The third kappa shape index (κ3) is 1.31. The molecule has 60 valence electrons. The van der Waals surface area contributed by atoms with E-state index in [0.29, 0.717) is 0 Å². The molecule has 0 radical (unpaired) electrons. The summed E-state index contributed by atoms with van der Waals surface area (Å²) in [4.78, 5) is 20.6. The molecule has 0 fully saturated rings. The Morgan fingerprint density at radius 1 is 1.27 bits per heavy atom. The molecule has 0 aliphatic carbocycles. The van der Waals surface area contributed by atoms with Gasteiger partial charge in [-0.05, 0) is 6.08 Å². The van der Waals surface area contributed by atoms with E-state index < -0.39 is 24.0 Å². The smallest absolute Gasteiger partial charge is 0.346 e. The van der Waals surface area contributed by atoms with Crippen molar-refractivity contribution < 1.29 is 24.5 Å². The van der Waals surface area contributed by atoms with E-state index in [-0.39, 0.29) is 0 Å². The number of hydrogen-bond donors (Lipinski definition) is 2. The molecule has 5 heteroatoms. The third-order valence-electron chi connectivity index (χ3n) is 1.37. The van der Waals surface area contributed by atoms with Gasteiger partial charge < -0.3 is 14.9 Å². The third-order valence-corrected chi connectivity index (χ3v) is 1.37. The van der Waals surface area contributed by atoms with Crippen molar-refractivity contribution in [2.75, 3.05) is 0 Å². The van der Waals surface area contributed by atoms with Gasteiger partial charge >= 0.3 is 11.9 Å². The van der Waals surface area contributed by atoms with Crippen LogP contribution in [0.5, 0.6) is 0 Å². The predicted octanol–water partition coefficient (Wildman–Crippen LogP) is -0.316. The number of carbonyl (C=O) groups is 2. The van der Waals surface area contributed by atoms with Crippen molar-refractivity contribution in [3.63, 3.8) is 0 Å². The molecule has 0 amide bonds. The molecular formula is C6H6O5. The average molecular weight is 158 g/mol. The van der Waals surface area contributed by atoms with Crippen LogP contribution in [0.15, 0.2) is 12.3 Å². The second kappa shape index (κ2) is 2.61. The second-order valence-corrected chi connectivity index (χ2v) is 2.09. The maximum atomic E-state index is 10.3. The van der Waals surface area contributed by atoms with Crippen LogP contribution in [0, 0.1) is 5.92 Å². The molecule has 2 N–H and O–H groups in total. The molecule has 11 heavy (non-hydrogen) atoms. The van der Waals surface area contributed by atoms with Crippen LogP contribution in [-0.2, 0) is 14.3 Å². The fraction of sp³-hybridized carbons (Fsp3) is 0.333. The van der Waals surface area contributed by atoms with Gasteiger partial charge in [-0.15, -0.1) is 0 Å². The molecule has 0 spiro atoms. The van der Waals surface area contributed by atoms with Crippen LogP contribution < -0.4 is 0 Å². The van der Waals surface area contributed by atoms with Gasteiger partial charge in [-0.25, -0.2) is 4.79 Å². The predicted molar refractivity (Wildman–Crippen MR) is 32.8 cm³/mol. The highest BCUT2D eigenvalue weighted by Gasteiger charge is 2.36. The lowest BCUT2D eigenvalue weighted by atomic mass is 10.1. The first-order chi connectivity index (χ1) is 5.13. The first-order valence-electron chi connectivity index (χ1n) is 2.90. The summed E-state index contributed by atoms with van der Waals surface area (Å²) in [5.74, 6) is -3.51. The molecular weight excluding hydrogens is 152 g/mol. The summed E-state index contributed by atoms with van der Waals surface area (Å²) < 4.78 is 4.53. The molecule has 2 unspecified atom stereocenters. The Morgan fingerprint density at radius 2 is 1.91 bits per heavy atom. The van der Waals surface area contributed by atoms with Crippen molar-refractivity contribution in [2.24, 2.45) is 5.92 Å². The molecule has 1 heterocycles. The van der Waals surface area contributed by atoms with Crippen molar-refractivity contribution in [1.29, 1.82) is 0 Å². The Bertz CT molecular complexity index is 219. The number of ether oxygens (including phenoxy) is 1. The van der Waals surface area contributed by atoms with Crippen LogP contribution in [0.4, 0.5) is 0 Å². The van der Waals surface area contributed by atoms with Crippen LogP contribution in [0.2, 0.25) is 0 Å². The van der Waals surface area contributed by atoms with Gasteiger partial charge in [0.05, 0.1) is 6.26 Å². The minimum atomic E-state index is -1.27. The van der Waals surface area contributed by atoms with Crippen molar-refractivity contribution in [3.8, 4) is 0 Å². The Balaban J connectivity index is 2.71. The zero-order chi connectivity index (χ0) is 8.43. The maximum absolute atomic E-state index is 10.3. The van der Waals surface area contributed by atoms with Crippen molar-refractivity contribution in [2.45, 2.75) is 6.10 Å². The van der Waals surface area contributed by atoms with E-state index >= 15 is 0 Å². The number of hydrogen-bond acceptors (Lipinski definition) is 3. The van der Waals surface area contributed by atoms with E-state index in [9.17, 15) is 9.59 Å². The van der Waals surface area contributed by atoms with E-state index in [1.807, 2.05) is 0 Å². The molecule has 1 rings (SSSR count). The fourth-order valence-corrected chi connectivity index (χ4v) is 0.824. The Labute approximate surface area is 61.9 Å². The quantitative estimate of drug-likeness (QED) is 0.575. The number of aliphatic carboxylic acids is 2. The summed E-state index contributed by atoms with van der Waals surface area (Å²) in [6, 6.07) is 0. The van der Waals surface area contributed by atoms with Gasteiger partial charge in [0.25, 0.3) is 0 Å². The Hall–Kier alpha value is -1.52. The molecule has 1 aliphatic rings. The van der Waals surface area contributed by atoms with Gasteiger partial charge in [0, 0.05) is 0 Å². The number of carboxylic acids is 2. The summed E-state index contributed by atoms with van der Waals surface area (Å²) in [5.41, 5.74) is 0. The normalized spacial score (nSPS) is 28.0. The SMILES string of the molecule is O=C(O)C1C=COC1C(=O)O. The van der Waals surface area contributed by atoms with E-state index in [1.54, 1.807) is 0 Å². The van der Waals surface area contributed by atoms with Crippen molar-refractivity contribution in [3.05, 3.63) is 12.3 Å². The van der Waals surface area contributed by atoms with Crippen molar-refractivity contribution >= 4 is 11.9 Å². The van der Waals surface area contributed by atoms with E-state index in [0.717, 1.165) is 6.26 Å². The monoisotopic (exact) mass is 158 g/mol. The Morgan fingerprint density at radius 3 is 2.27 bits per heavy atom. The first-order valence-corrected chi connectivity index (χ1v) is 2.90. The highest BCUT2D eigenvalue weighted by atomic mass is 16.5. The topological polar surface area (TPSA) is 83.8 Å². The van der Waals surface area contributed by atoms with Crippen molar-refractivity contribution in [1.82, 2.24) is 0 Å². The highest BCUT2D eigenvalue weighted by molar-refractivity contribution is 5.83. The minimum Gasteiger partial charge on any atom is -0.485 e. The lowest BCUT2D eigenvalue weighted by Crippen LogP contribution is -2.31. The molecule has 0 aromatic heterocycles. The fourth-order valence-electron chi connectivity index (χ4n) is 0.824. The lowest BCUT2D eigenvalue weighted by molar-refractivity contribution is -0.155. The number of rotatable bonds is 2. The minimum absolute atomic E-state index is 1.06. The zero-order valence-corrected chi connectivity index (χ0v) is 5.43. The van der Waals surface area contributed by atoms with Crippen LogP contribution in [0.1, 0.15) is 0 Å². The molecule has 0 aromatic carbocycles. The van der Waals surface area contributed by atoms with Crippen LogP contribution in [0.25, 0.3) is 0 Å². The summed E-state index contributed by atoms with van der Waals surface area (Å²) in [5, 5.41) is 16.8. The van der Waals surface area contributed by atoms with Gasteiger partial charge in [0.1, 0.15) is 5.92 Å². The van der Waals surface area contributed by atoms with Gasteiger partial charge in [0.2, 0.25) is 6.10 Å². The molecule has 0 aromatic rings. The molecule has 1 aliphatic heterocycles. The molecule has 0 saturated heterocycles. The molecule has 2 atom stereocenters. The molecule has 0 saturated carbocycles. The molecule has 5 nitrogen and oxygen atoms in total. The zero-order valence-electron chi connectivity index (χ0n) is 5.43. The van der Waals surface area contributed by atoms with Gasteiger partial charge in [-0.1, -0.05) is 0 Å². The summed E-state index contributed by atoms with van der Waals surface area (Å²) in [7, 11) is 0. The summed E-state index contributed by atoms with van der Waals surface area (Å²) in [6.07, 6.45) is 1.03. The van der Waals surface area contributed by atoms with Gasteiger partial charge in [0.15, 0.2) is 0 Å². The van der Waals surface area contributed by atoms with Gasteiger partial charge in [-0.2, -0.15) is 0 Å². The maximum Gasteiger partial charge on any atom is 0.346 e. The summed E-state index contributed by atoms with van der Waals surface area (Å²) >= 11 is 0. The lowest BCUT2D eigenvalue weighted by Gasteiger charge is -2.08. The number of carboxylic acid groups (broad SMARTS) is 2. The molecule has 0 bridgehead atoms. The van der Waals surface area contributed by atoms with Crippen LogP contribution in [0.3, 0.4) is 0 Å².